The van der Waals surface area contributed by atoms with E-state index in [2.05, 4.69) is 38.2 Å². The Bertz CT molecular complexity index is 512. The summed E-state index contributed by atoms with van der Waals surface area (Å²) in [4.78, 5) is 23.1. The van der Waals surface area contributed by atoms with Crippen LogP contribution >= 0.6 is 0 Å². The lowest BCUT2D eigenvalue weighted by Crippen LogP contribution is -2.58. The molecule has 4 aliphatic rings. The zero-order valence-corrected chi connectivity index (χ0v) is 17.7. The number of rotatable bonds is 6. The predicted molar refractivity (Wildman–Crippen MR) is 106 cm³/mol. The first-order valence-corrected chi connectivity index (χ1v) is 11.1. The molecule has 0 aromatic carbocycles. The zero-order chi connectivity index (χ0) is 20.1. The molecule has 0 saturated carbocycles. The molecule has 0 radical (unpaired) electrons. The summed E-state index contributed by atoms with van der Waals surface area (Å²) in [5, 5.41) is -0.613. The van der Waals surface area contributed by atoms with Gasteiger partial charge in [0, 0.05) is 11.8 Å². The molecule has 2 saturated heterocycles. The molecule has 2 aliphatic heterocycles. The van der Waals surface area contributed by atoms with Gasteiger partial charge in [0.15, 0.2) is 0 Å². The molecule has 0 N–H and O–H groups in total. The number of allylic oxidation sites excluding steroid dienone is 2. The summed E-state index contributed by atoms with van der Waals surface area (Å²) in [6, 6.07) is 0. The fraction of sp³-hybridized carbons (Fsp3) is 0.818. The zero-order valence-electron chi connectivity index (χ0n) is 17.7. The Morgan fingerprint density at radius 1 is 0.655 bits per heavy atom. The second kappa shape index (κ2) is 10.0. The van der Waals surface area contributed by atoms with Crippen molar-refractivity contribution in [3.05, 3.63) is 24.3 Å². The van der Waals surface area contributed by atoms with E-state index in [0.29, 0.717) is 51.5 Å². The van der Waals surface area contributed by atoms with E-state index in [9.17, 15) is 0 Å². The fourth-order valence-electron chi connectivity index (χ4n) is 4.13. The minimum atomic E-state index is -0.613. The number of hydrogen-bond acceptors (Lipinski definition) is 6. The standard InChI is InChI=1S/C22H36NO6/c1-17-7-3-5-9-21(17)24-11-19-13-26-23(27-14-19)28-15-20(16-29-23)12-25-22-10-6-4-8-18(22)2/h3-6,17-22H,7-16H2,1-2H3/q+1. The van der Waals surface area contributed by atoms with E-state index >= 15 is 0 Å². The highest BCUT2D eigenvalue weighted by atomic mass is 17.4. The lowest BCUT2D eigenvalue weighted by atomic mass is 9.93. The van der Waals surface area contributed by atoms with Crippen LogP contribution in [0.2, 0.25) is 0 Å². The van der Waals surface area contributed by atoms with Crippen LogP contribution in [0.3, 0.4) is 0 Å². The molecule has 2 fully saturated rings. The van der Waals surface area contributed by atoms with Crippen LogP contribution in [0.15, 0.2) is 24.3 Å². The SMILES string of the molecule is CC1CC=CCC1OCC1CO[N+]2(OC1)OCC(COC1CC=CCC1C)CO2. The van der Waals surface area contributed by atoms with E-state index < -0.39 is 5.14 Å². The van der Waals surface area contributed by atoms with Gasteiger partial charge in [-0.05, 0) is 37.5 Å². The maximum absolute atomic E-state index is 6.10. The van der Waals surface area contributed by atoms with Crippen LogP contribution in [0.25, 0.3) is 0 Å². The van der Waals surface area contributed by atoms with Crippen molar-refractivity contribution in [2.75, 3.05) is 39.6 Å². The van der Waals surface area contributed by atoms with Gasteiger partial charge in [-0.3, -0.25) is 0 Å². The Kier molecular flexibility index (Phi) is 7.39. The topological polar surface area (TPSA) is 55.4 Å². The van der Waals surface area contributed by atoms with Gasteiger partial charge in [0.2, 0.25) is 5.14 Å². The summed E-state index contributed by atoms with van der Waals surface area (Å²) in [5.74, 6) is 1.49. The van der Waals surface area contributed by atoms with Gasteiger partial charge in [-0.1, -0.05) is 57.5 Å². The van der Waals surface area contributed by atoms with E-state index in [4.69, 9.17) is 28.8 Å². The summed E-state index contributed by atoms with van der Waals surface area (Å²) in [6.07, 6.45) is 13.6. The van der Waals surface area contributed by atoms with Crippen LogP contribution in [0, 0.1) is 23.7 Å². The van der Waals surface area contributed by atoms with Gasteiger partial charge in [-0.2, -0.15) is 0 Å². The first-order valence-electron chi connectivity index (χ1n) is 11.1. The van der Waals surface area contributed by atoms with Crippen molar-refractivity contribution in [2.45, 2.75) is 51.7 Å². The Morgan fingerprint density at radius 3 is 1.41 bits per heavy atom. The van der Waals surface area contributed by atoms with Crippen molar-refractivity contribution >= 4 is 0 Å². The molecule has 0 bridgehead atoms. The van der Waals surface area contributed by atoms with E-state index in [1.807, 2.05) is 0 Å². The summed E-state index contributed by atoms with van der Waals surface area (Å²) < 4.78 is 12.2. The third kappa shape index (κ3) is 5.67. The van der Waals surface area contributed by atoms with Gasteiger partial charge < -0.3 is 9.47 Å². The highest BCUT2D eigenvalue weighted by Gasteiger charge is 2.48. The van der Waals surface area contributed by atoms with Gasteiger partial charge >= 0.3 is 0 Å². The van der Waals surface area contributed by atoms with Gasteiger partial charge in [0.25, 0.3) is 0 Å². The maximum atomic E-state index is 6.10. The highest BCUT2D eigenvalue weighted by molar-refractivity contribution is 4.94. The van der Waals surface area contributed by atoms with Crippen molar-refractivity contribution in [1.82, 2.24) is 0 Å². The van der Waals surface area contributed by atoms with Crippen molar-refractivity contribution in [1.29, 1.82) is 0 Å². The molecule has 4 rings (SSSR count). The molecule has 0 aromatic heterocycles. The Hall–Kier alpha value is -0.800. The van der Waals surface area contributed by atoms with E-state index in [1.54, 1.807) is 0 Å². The minimum Gasteiger partial charge on any atom is -0.377 e. The van der Waals surface area contributed by atoms with Crippen molar-refractivity contribution in [3.8, 4) is 0 Å². The lowest BCUT2D eigenvalue weighted by molar-refractivity contribution is -1.48. The second-order valence-corrected chi connectivity index (χ2v) is 8.95. The number of hydrogen-bond donors (Lipinski definition) is 0. The van der Waals surface area contributed by atoms with Gasteiger partial charge in [0.05, 0.1) is 25.4 Å². The molecule has 1 spiro atoms. The Morgan fingerprint density at radius 2 is 1.03 bits per heavy atom. The molecular formula is C22H36NO6+. The van der Waals surface area contributed by atoms with Crippen molar-refractivity contribution in [2.24, 2.45) is 23.7 Å². The van der Waals surface area contributed by atoms with Crippen molar-refractivity contribution < 1.29 is 34.0 Å². The molecule has 0 amide bonds. The fourth-order valence-corrected chi connectivity index (χ4v) is 4.13. The molecule has 7 nitrogen and oxygen atoms in total. The molecular weight excluding hydrogens is 374 g/mol. The molecule has 0 aromatic rings. The van der Waals surface area contributed by atoms with E-state index in [1.165, 1.54) is 0 Å². The normalized spacial score (nSPS) is 43.0. The van der Waals surface area contributed by atoms with Crippen LogP contribution in [0.4, 0.5) is 0 Å². The molecule has 7 heteroatoms. The quantitative estimate of drug-likeness (QED) is 0.493. The second-order valence-electron chi connectivity index (χ2n) is 8.95. The molecule has 4 atom stereocenters. The number of nitrogens with zero attached hydrogens (tertiary/aromatic N) is 1. The summed E-state index contributed by atoms with van der Waals surface area (Å²) >= 11 is 0. The summed E-state index contributed by atoms with van der Waals surface area (Å²) in [5.41, 5.74) is 0. The van der Waals surface area contributed by atoms with Crippen LogP contribution in [-0.4, -0.2) is 57.0 Å². The van der Waals surface area contributed by atoms with Gasteiger partial charge in [-0.25, -0.2) is 0 Å². The average molecular weight is 411 g/mol. The number of quaternary nitrogens is 1. The van der Waals surface area contributed by atoms with E-state index in [-0.39, 0.29) is 24.0 Å². The molecule has 164 valence electrons. The third-order valence-corrected chi connectivity index (χ3v) is 6.32. The predicted octanol–water partition coefficient (Wildman–Crippen LogP) is 3.53. The third-order valence-electron chi connectivity index (χ3n) is 6.32. The molecule has 2 aliphatic carbocycles. The minimum absolute atomic E-state index is 0.186. The Balaban J connectivity index is 1.14. The maximum Gasteiger partial charge on any atom is 0.247 e. The van der Waals surface area contributed by atoms with Gasteiger partial charge in [0.1, 0.15) is 26.4 Å². The van der Waals surface area contributed by atoms with Crippen LogP contribution in [-0.2, 0) is 28.8 Å². The first-order chi connectivity index (χ1) is 14.1. The van der Waals surface area contributed by atoms with E-state index in [0.717, 1.165) is 25.7 Å². The number of ether oxygens (including phenoxy) is 2. The van der Waals surface area contributed by atoms with Crippen LogP contribution < -0.4 is 0 Å². The lowest BCUT2D eigenvalue weighted by Gasteiger charge is -2.37. The molecule has 2 heterocycles. The monoisotopic (exact) mass is 410 g/mol. The van der Waals surface area contributed by atoms with Crippen molar-refractivity contribution in [3.63, 3.8) is 0 Å². The average Bonchev–Trinajstić information content (AvgIpc) is 2.75. The first kappa shape index (κ1) is 21.4. The molecule has 29 heavy (non-hydrogen) atoms. The van der Waals surface area contributed by atoms with Crippen LogP contribution in [0.5, 0.6) is 0 Å². The summed E-state index contributed by atoms with van der Waals surface area (Å²) in [7, 11) is 0. The smallest absolute Gasteiger partial charge is 0.247 e. The summed E-state index contributed by atoms with van der Waals surface area (Å²) in [6.45, 7) is 7.70. The van der Waals surface area contributed by atoms with Gasteiger partial charge in [-0.15, -0.1) is 0 Å². The largest absolute Gasteiger partial charge is 0.377 e. The molecule has 4 unspecified atom stereocenters. The van der Waals surface area contributed by atoms with Crippen LogP contribution in [0.1, 0.15) is 39.5 Å². The highest BCUT2D eigenvalue weighted by Crippen LogP contribution is 2.29. The Labute approximate surface area is 173 Å².